The first-order valence-corrected chi connectivity index (χ1v) is 11.1. The van der Waals surface area contributed by atoms with Gasteiger partial charge in [-0.15, -0.1) is 0 Å². The molecule has 2 aromatic heterocycles. The zero-order valence-electron chi connectivity index (χ0n) is 17.8. The van der Waals surface area contributed by atoms with E-state index in [1.807, 2.05) is 6.92 Å². The minimum atomic E-state index is -0.450. The van der Waals surface area contributed by atoms with Crippen molar-refractivity contribution in [1.82, 2.24) is 19.1 Å². The van der Waals surface area contributed by atoms with Crippen molar-refractivity contribution < 1.29 is 13.9 Å². The Bertz CT molecular complexity index is 1210. The Balaban J connectivity index is 1.89. The molecule has 0 fully saturated rings. The van der Waals surface area contributed by atoms with Crippen LogP contribution in [-0.2, 0) is 34.8 Å². The maximum absolute atomic E-state index is 13.1. The van der Waals surface area contributed by atoms with Crippen molar-refractivity contribution in [3.8, 4) is 0 Å². The molecular weight excluding hydrogens is 435 g/mol. The topological polar surface area (TPSA) is 96.1 Å². The fourth-order valence-corrected chi connectivity index (χ4v) is 3.90. The van der Waals surface area contributed by atoms with Gasteiger partial charge in [0.2, 0.25) is 0 Å². The number of nitrogens with zero attached hydrogens (tertiary/aromatic N) is 4. The van der Waals surface area contributed by atoms with Crippen LogP contribution in [0.3, 0.4) is 0 Å². The van der Waals surface area contributed by atoms with Crippen molar-refractivity contribution in [2.45, 2.75) is 44.3 Å². The summed E-state index contributed by atoms with van der Waals surface area (Å²) in [5, 5.41) is 0.354. The van der Waals surface area contributed by atoms with Crippen LogP contribution in [-0.4, -0.2) is 31.7 Å². The lowest BCUT2D eigenvalue weighted by atomic mass is 10.1. The summed E-state index contributed by atoms with van der Waals surface area (Å²) in [5.41, 5.74) is 1.11. The summed E-state index contributed by atoms with van der Waals surface area (Å²) in [6, 6.07) is 6.03. The molecule has 8 nitrogen and oxygen atoms in total. The van der Waals surface area contributed by atoms with Crippen molar-refractivity contribution >= 4 is 17.7 Å². The molecule has 0 bridgehead atoms. The molecule has 0 aliphatic rings. The smallest absolute Gasteiger partial charge is 0.347 e. The number of esters is 1. The molecule has 32 heavy (non-hydrogen) atoms. The molecule has 0 aliphatic heterocycles. The minimum Gasteiger partial charge on any atom is -0.465 e. The fourth-order valence-electron chi connectivity index (χ4n) is 2.98. The lowest BCUT2D eigenvalue weighted by Crippen LogP contribution is -2.24. The van der Waals surface area contributed by atoms with Gasteiger partial charge in [0.1, 0.15) is 12.4 Å². The molecule has 3 aromatic rings. The molecule has 0 spiro atoms. The second kappa shape index (κ2) is 10.9. The van der Waals surface area contributed by atoms with Gasteiger partial charge in [0.05, 0.1) is 6.61 Å². The molecule has 10 heteroatoms. The number of carbonyl (C=O) groups is 1. The van der Waals surface area contributed by atoms with Gasteiger partial charge in [-0.3, -0.25) is 14.2 Å². The molecule has 0 aliphatic carbocycles. The van der Waals surface area contributed by atoms with Gasteiger partial charge in [-0.2, -0.15) is 4.98 Å². The Morgan fingerprint density at radius 3 is 2.53 bits per heavy atom. The van der Waals surface area contributed by atoms with E-state index in [2.05, 4.69) is 9.97 Å². The number of hydrogen-bond acceptors (Lipinski definition) is 7. The number of aromatic nitrogens is 4. The predicted octanol–water partition coefficient (Wildman–Crippen LogP) is 2.41. The van der Waals surface area contributed by atoms with E-state index in [-0.39, 0.29) is 31.1 Å². The molecule has 2 heterocycles. The van der Waals surface area contributed by atoms with Gasteiger partial charge in [-0.05, 0) is 37.1 Å². The number of hydrogen-bond donors (Lipinski definition) is 0. The van der Waals surface area contributed by atoms with Crippen LogP contribution in [0.4, 0.5) is 4.39 Å². The Hall–Kier alpha value is -3.27. The van der Waals surface area contributed by atoms with Crippen molar-refractivity contribution in [2.75, 3.05) is 6.61 Å². The van der Waals surface area contributed by atoms with Crippen molar-refractivity contribution in [3.05, 3.63) is 86.2 Å². The molecule has 168 valence electrons. The molecule has 1 aromatic carbocycles. The predicted molar refractivity (Wildman–Crippen MR) is 118 cm³/mol. The second-order valence-corrected chi connectivity index (χ2v) is 7.85. The van der Waals surface area contributed by atoms with Crippen LogP contribution in [0.2, 0.25) is 0 Å². The maximum atomic E-state index is 13.1. The molecule has 0 atom stereocenters. The number of halogens is 1. The summed E-state index contributed by atoms with van der Waals surface area (Å²) < 4.78 is 21.2. The van der Waals surface area contributed by atoms with Gasteiger partial charge < -0.3 is 9.30 Å². The SMILES string of the molecule is CCOC(=O)Cn1cc(Cc2cnc(=O)n(CC)c2)c(=O)nc1SCc1ccc(F)cc1. The minimum absolute atomic E-state index is 0.105. The first kappa shape index (κ1) is 23.4. The fraction of sp³-hybridized carbons (Fsp3) is 0.318. The largest absolute Gasteiger partial charge is 0.465 e. The molecule has 0 unspecified atom stereocenters. The molecule has 0 N–H and O–H groups in total. The highest BCUT2D eigenvalue weighted by Gasteiger charge is 2.14. The van der Waals surface area contributed by atoms with E-state index < -0.39 is 11.5 Å². The first-order valence-electron chi connectivity index (χ1n) is 10.1. The second-order valence-electron chi connectivity index (χ2n) is 6.91. The molecular formula is C22H23FN4O4S. The molecule has 0 amide bonds. The Morgan fingerprint density at radius 2 is 1.84 bits per heavy atom. The molecule has 0 saturated heterocycles. The number of carbonyl (C=O) groups excluding carboxylic acids is 1. The van der Waals surface area contributed by atoms with Gasteiger partial charge in [-0.25, -0.2) is 14.2 Å². The highest BCUT2D eigenvalue weighted by atomic mass is 32.2. The van der Waals surface area contributed by atoms with Crippen LogP contribution in [0.15, 0.2) is 57.6 Å². The number of ether oxygens (including phenoxy) is 1. The average molecular weight is 459 g/mol. The average Bonchev–Trinajstić information content (AvgIpc) is 2.77. The van der Waals surface area contributed by atoms with E-state index in [1.54, 1.807) is 36.0 Å². The Labute approximate surface area is 188 Å². The summed E-state index contributed by atoms with van der Waals surface area (Å²) in [5.74, 6) is -0.335. The van der Waals surface area contributed by atoms with Crippen LogP contribution in [0.5, 0.6) is 0 Å². The van der Waals surface area contributed by atoms with Crippen LogP contribution in [0.25, 0.3) is 0 Å². The standard InChI is InChI=1S/C22H23FN4O4S/c1-3-26-11-16(10-24-21(26)30)9-17-12-27(13-19(28)31-4-2)22(25-20(17)29)32-14-15-5-7-18(23)8-6-15/h5-8,10-12H,3-4,9,13-14H2,1-2H3. The normalized spacial score (nSPS) is 10.8. The summed E-state index contributed by atoms with van der Waals surface area (Å²) in [7, 11) is 0. The Morgan fingerprint density at radius 1 is 1.09 bits per heavy atom. The highest BCUT2D eigenvalue weighted by Crippen LogP contribution is 2.21. The zero-order valence-corrected chi connectivity index (χ0v) is 18.6. The highest BCUT2D eigenvalue weighted by molar-refractivity contribution is 7.98. The lowest BCUT2D eigenvalue weighted by Gasteiger charge is -2.13. The van der Waals surface area contributed by atoms with Crippen LogP contribution in [0.1, 0.15) is 30.5 Å². The van der Waals surface area contributed by atoms with E-state index in [9.17, 15) is 18.8 Å². The molecule has 3 rings (SSSR count). The number of thioether (sulfide) groups is 1. The Kier molecular flexibility index (Phi) is 7.93. The number of benzene rings is 1. The number of aryl methyl sites for hydroxylation is 1. The third-order valence-electron chi connectivity index (χ3n) is 4.56. The van der Waals surface area contributed by atoms with E-state index in [0.717, 1.165) is 5.56 Å². The third kappa shape index (κ3) is 6.13. The van der Waals surface area contributed by atoms with Gasteiger partial charge in [0, 0.05) is 42.9 Å². The van der Waals surface area contributed by atoms with Crippen molar-refractivity contribution in [1.29, 1.82) is 0 Å². The zero-order chi connectivity index (χ0) is 23.1. The quantitative estimate of drug-likeness (QED) is 0.276. The van der Waals surface area contributed by atoms with E-state index in [4.69, 9.17) is 4.74 Å². The van der Waals surface area contributed by atoms with Crippen LogP contribution < -0.4 is 11.2 Å². The summed E-state index contributed by atoms with van der Waals surface area (Å²) in [6.07, 6.45) is 4.88. The van der Waals surface area contributed by atoms with Crippen molar-refractivity contribution in [3.63, 3.8) is 0 Å². The van der Waals surface area contributed by atoms with E-state index in [1.165, 1.54) is 34.7 Å². The van der Waals surface area contributed by atoms with Gasteiger partial charge in [0.15, 0.2) is 5.16 Å². The molecule has 0 saturated carbocycles. The lowest BCUT2D eigenvalue weighted by molar-refractivity contribution is -0.144. The summed E-state index contributed by atoms with van der Waals surface area (Å²) in [6.45, 7) is 4.14. The van der Waals surface area contributed by atoms with Gasteiger partial charge in [-0.1, -0.05) is 23.9 Å². The summed E-state index contributed by atoms with van der Waals surface area (Å²) >= 11 is 1.27. The van der Waals surface area contributed by atoms with E-state index >= 15 is 0 Å². The van der Waals surface area contributed by atoms with Gasteiger partial charge in [0.25, 0.3) is 5.56 Å². The molecule has 0 radical (unpaired) electrons. The summed E-state index contributed by atoms with van der Waals surface area (Å²) in [4.78, 5) is 44.5. The maximum Gasteiger partial charge on any atom is 0.347 e. The monoisotopic (exact) mass is 458 g/mol. The van der Waals surface area contributed by atoms with Crippen LogP contribution in [0, 0.1) is 5.82 Å². The van der Waals surface area contributed by atoms with E-state index in [0.29, 0.717) is 28.6 Å². The number of rotatable bonds is 9. The van der Waals surface area contributed by atoms with Gasteiger partial charge >= 0.3 is 11.7 Å². The third-order valence-corrected chi connectivity index (χ3v) is 5.62. The van der Waals surface area contributed by atoms with Crippen molar-refractivity contribution in [2.24, 2.45) is 0 Å². The van der Waals surface area contributed by atoms with Crippen LogP contribution >= 0.6 is 11.8 Å². The first-order chi connectivity index (χ1) is 15.4.